The van der Waals surface area contributed by atoms with Crippen molar-refractivity contribution >= 4 is 11.7 Å². The van der Waals surface area contributed by atoms with E-state index in [0.717, 1.165) is 25.4 Å². The predicted molar refractivity (Wildman–Crippen MR) is 64.3 cm³/mol. The minimum absolute atomic E-state index is 0.169. The van der Waals surface area contributed by atoms with E-state index in [1.54, 1.807) is 0 Å². The molecule has 1 aromatic carbocycles. The van der Waals surface area contributed by atoms with E-state index < -0.39 is 23.7 Å². The van der Waals surface area contributed by atoms with Crippen molar-refractivity contribution in [1.82, 2.24) is 9.78 Å². The van der Waals surface area contributed by atoms with Gasteiger partial charge in [0.1, 0.15) is 5.69 Å². The van der Waals surface area contributed by atoms with Crippen molar-refractivity contribution in [1.29, 1.82) is 0 Å². The van der Waals surface area contributed by atoms with E-state index in [9.17, 15) is 22.4 Å². The quantitative estimate of drug-likeness (QED) is 0.525. The number of rotatable bonds is 2. The summed E-state index contributed by atoms with van der Waals surface area (Å²) in [7, 11) is 1.10. The maximum atomic E-state index is 13.8. The number of nitrogens with two attached hydrogens (primary N) is 1. The Morgan fingerprint density at radius 1 is 1.38 bits per heavy atom. The number of nitrogen functional groups attached to an aromatic ring is 1. The summed E-state index contributed by atoms with van der Waals surface area (Å²) in [6.45, 7) is 0. The number of ether oxygens (including phenoxy) is 1. The SMILES string of the molecule is COC(=O)c1cc(-n2ccc(C(F)(F)F)n2)c(F)cc1N. The van der Waals surface area contributed by atoms with Gasteiger partial charge in [0.15, 0.2) is 11.5 Å². The fraction of sp³-hybridized carbons (Fsp3) is 0.167. The molecule has 0 aliphatic rings. The van der Waals surface area contributed by atoms with Crippen molar-refractivity contribution < 1.29 is 27.1 Å². The lowest BCUT2D eigenvalue weighted by atomic mass is 10.1. The van der Waals surface area contributed by atoms with Crippen LogP contribution >= 0.6 is 0 Å². The Morgan fingerprint density at radius 2 is 2.05 bits per heavy atom. The Morgan fingerprint density at radius 3 is 2.57 bits per heavy atom. The lowest BCUT2D eigenvalue weighted by molar-refractivity contribution is -0.141. The Kier molecular flexibility index (Phi) is 3.58. The molecule has 0 fully saturated rings. The number of carbonyl (C=O) groups is 1. The Bertz CT molecular complexity index is 694. The second kappa shape index (κ2) is 5.08. The molecule has 21 heavy (non-hydrogen) atoms. The summed E-state index contributed by atoms with van der Waals surface area (Å²) in [6, 6.07) is 2.48. The van der Waals surface area contributed by atoms with Crippen LogP contribution < -0.4 is 5.73 Å². The Hall–Kier alpha value is -2.58. The summed E-state index contributed by atoms with van der Waals surface area (Å²) < 4.78 is 56.4. The van der Waals surface area contributed by atoms with Crippen molar-refractivity contribution in [2.75, 3.05) is 12.8 Å². The van der Waals surface area contributed by atoms with Gasteiger partial charge >= 0.3 is 12.1 Å². The maximum Gasteiger partial charge on any atom is 0.435 e. The zero-order valence-electron chi connectivity index (χ0n) is 10.6. The molecule has 2 N–H and O–H groups in total. The third kappa shape index (κ3) is 2.81. The molecule has 0 spiro atoms. The molecule has 0 aliphatic carbocycles. The largest absolute Gasteiger partial charge is 0.465 e. The minimum Gasteiger partial charge on any atom is -0.465 e. The second-order valence-corrected chi connectivity index (χ2v) is 4.03. The molecule has 9 heteroatoms. The summed E-state index contributed by atoms with van der Waals surface area (Å²) in [5.74, 6) is -1.76. The van der Waals surface area contributed by atoms with Gasteiger partial charge in [-0.3, -0.25) is 0 Å². The molecule has 0 saturated heterocycles. The standard InChI is InChI=1S/C12H9F4N3O2/c1-21-11(20)6-4-9(7(13)5-8(6)17)19-3-2-10(18-19)12(14,15)16/h2-5H,17H2,1H3. The molecule has 0 atom stereocenters. The fourth-order valence-electron chi connectivity index (χ4n) is 1.65. The second-order valence-electron chi connectivity index (χ2n) is 4.03. The Balaban J connectivity index is 2.53. The zero-order chi connectivity index (χ0) is 15.8. The van der Waals surface area contributed by atoms with Gasteiger partial charge in [-0.2, -0.15) is 18.3 Å². The molecule has 2 aromatic rings. The van der Waals surface area contributed by atoms with E-state index in [2.05, 4.69) is 9.84 Å². The normalized spacial score (nSPS) is 11.5. The molecular weight excluding hydrogens is 294 g/mol. The number of aromatic nitrogens is 2. The maximum absolute atomic E-state index is 13.8. The number of esters is 1. The molecule has 0 radical (unpaired) electrons. The van der Waals surface area contributed by atoms with Crippen LogP contribution in [0.4, 0.5) is 23.2 Å². The average Bonchev–Trinajstić information content (AvgIpc) is 2.87. The lowest BCUT2D eigenvalue weighted by Gasteiger charge is -2.09. The Labute approximate surface area is 115 Å². The van der Waals surface area contributed by atoms with Crippen LogP contribution in [0.3, 0.4) is 0 Å². The molecular formula is C12H9F4N3O2. The molecule has 1 aromatic heterocycles. The summed E-state index contributed by atoms with van der Waals surface area (Å²) in [5, 5.41) is 3.23. The van der Waals surface area contributed by atoms with Gasteiger partial charge in [0.2, 0.25) is 0 Å². The van der Waals surface area contributed by atoms with Crippen molar-refractivity contribution in [3.05, 3.63) is 41.5 Å². The van der Waals surface area contributed by atoms with E-state index in [1.165, 1.54) is 0 Å². The predicted octanol–water partition coefficient (Wildman–Crippen LogP) is 2.40. The van der Waals surface area contributed by atoms with Crippen molar-refractivity contribution in [2.24, 2.45) is 0 Å². The summed E-state index contributed by atoms with van der Waals surface area (Å²) in [4.78, 5) is 11.5. The highest BCUT2D eigenvalue weighted by molar-refractivity contribution is 5.95. The van der Waals surface area contributed by atoms with Gasteiger partial charge in [-0.25, -0.2) is 13.9 Å². The number of carbonyl (C=O) groups excluding carboxylic acids is 1. The third-order valence-corrected chi connectivity index (χ3v) is 2.65. The van der Waals surface area contributed by atoms with E-state index in [-0.39, 0.29) is 16.9 Å². The van der Waals surface area contributed by atoms with Crippen LogP contribution in [0, 0.1) is 5.82 Å². The molecule has 1 heterocycles. The van der Waals surface area contributed by atoms with Gasteiger partial charge in [0.05, 0.1) is 12.7 Å². The summed E-state index contributed by atoms with van der Waals surface area (Å²) in [5.41, 5.74) is 3.58. The topological polar surface area (TPSA) is 70.1 Å². The van der Waals surface area contributed by atoms with Crippen LogP contribution in [0.15, 0.2) is 24.4 Å². The van der Waals surface area contributed by atoms with Crippen molar-refractivity contribution in [3.63, 3.8) is 0 Å². The molecule has 0 bridgehead atoms. The number of anilines is 1. The number of halogens is 4. The first-order valence-electron chi connectivity index (χ1n) is 5.54. The summed E-state index contributed by atoms with van der Waals surface area (Å²) >= 11 is 0. The van der Waals surface area contributed by atoms with Crippen LogP contribution in [0.25, 0.3) is 5.69 Å². The van der Waals surface area contributed by atoms with Gasteiger partial charge in [-0.1, -0.05) is 0 Å². The van der Waals surface area contributed by atoms with E-state index >= 15 is 0 Å². The molecule has 0 aliphatic heterocycles. The van der Waals surface area contributed by atoms with Crippen molar-refractivity contribution in [3.8, 4) is 5.69 Å². The molecule has 5 nitrogen and oxygen atoms in total. The smallest absolute Gasteiger partial charge is 0.435 e. The van der Waals surface area contributed by atoms with Gasteiger partial charge in [-0.05, 0) is 18.2 Å². The van der Waals surface area contributed by atoms with E-state index in [0.29, 0.717) is 10.7 Å². The van der Waals surface area contributed by atoms with Crippen molar-refractivity contribution in [2.45, 2.75) is 6.18 Å². The molecule has 0 unspecified atom stereocenters. The first-order valence-corrected chi connectivity index (χ1v) is 5.54. The highest BCUT2D eigenvalue weighted by Gasteiger charge is 2.34. The number of methoxy groups -OCH3 is 1. The van der Waals surface area contributed by atoms with Crippen LogP contribution in [-0.2, 0) is 10.9 Å². The average molecular weight is 303 g/mol. The van der Waals surface area contributed by atoms with E-state index in [4.69, 9.17) is 5.73 Å². The number of hydrogen-bond donors (Lipinski definition) is 1. The van der Waals surface area contributed by atoms with E-state index in [1.807, 2.05) is 0 Å². The number of nitrogens with zero attached hydrogens (tertiary/aromatic N) is 2. The van der Waals surface area contributed by atoms with Crippen LogP contribution in [0.5, 0.6) is 0 Å². The zero-order valence-corrected chi connectivity index (χ0v) is 10.6. The van der Waals surface area contributed by atoms with Crippen LogP contribution in [0.1, 0.15) is 16.1 Å². The lowest BCUT2D eigenvalue weighted by Crippen LogP contribution is -2.11. The molecule has 0 amide bonds. The number of benzene rings is 1. The number of hydrogen-bond acceptors (Lipinski definition) is 4. The van der Waals surface area contributed by atoms with Crippen LogP contribution in [0.2, 0.25) is 0 Å². The third-order valence-electron chi connectivity index (χ3n) is 2.65. The highest BCUT2D eigenvalue weighted by atomic mass is 19.4. The molecule has 2 rings (SSSR count). The molecule has 0 saturated carbocycles. The van der Waals surface area contributed by atoms with Crippen LogP contribution in [-0.4, -0.2) is 22.9 Å². The first-order chi connectivity index (χ1) is 9.74. The van der Waals surface area contributed by atoms with Gasteiger partial charge in [0.25, 0.3) is 0 Å². The van der Waals surface area contributed by atoms with Gasteiger partial charge < -0.3 is 10.5 Å². The fourth-order valence-corrected chi connectivity index (χ4v) is 1.65. The van der Waals surface area contributed by atoms with Gasteiger partial charge in [-0.15, -0.1) is 0 Å². The number of alkyl halides is 3. The monoisotopic (exact) mass is 303 g/mol. The summed E-state index contributed by atoms with van der Waals surface area (Å²) in [6.07, 6.45) is -3.72. The highest BCUT2D eigenvalue weighted by Crippen LogP contribution is 2.29. The first kappa shape index (κ1) is 14.8. The minimum atomic E-state index is -4.65. The molecule has 112 valence electrons. The van der Waals surface area contributed by atoms with Gasteiger partial charge in [0, 0.05) is 11.9 Å².